The van der Waals surface area contributed by atoms with E-state index in [1.54, 1.807) is 0 Å². The maximum atomic E-state index is 12.7. The first-order valence-corrected chi connectivity index (χ1v) is 9.04. The van der Waals surface area contributed by atoms with Crippen molar-refractivity contribution in [2.45, 2.75) is 23.9 Å². The van der Waals surface area contributed by atoms with Crippen molar-refractivity contribution < 1.29 is 21.6 Å². The molecule has 0 spiro atoms. The van der Waals surface area contributed by atoms with E-state index in [4.69, 9.17) is 0 Å². The number of alkyl halides is 4. The minimum Gasteiger partial charge on any atom is -0.207 e. The van der Waals surface area contributed by atoms with Crippen LogP contribution in [0.15, 0.2) is 29.2 Å². The zero-order valence-electron chi connectivity index (χ0n) is 11.1. The Morgan fingerprint density at radius 3 is 2.38 bits per heavy atom. The van der Waals surface area contributed by atoms with Crippen molar-refractivity contribution in [1.82, 2.24) is 4.31 Å². The molecule has 1 heterocycles. The molecule has 0 saturated carbocycles. The van der Waals surface area contributed by atoms with Crippen LogP contribution in [0, 0.1) is 5.92 Å². The van der Waals surface area contributed by atoms with Gasteiger partial charge >= 0.3 is 6.18 Å². The van der Waals surface area contributed by atoms with Crippen LogP contribution in [0.5, 0.6) is 0 Å². The summed E-state index contributed by atoms with van der Waals surface area (Å²) in [6, 6.07) is 3.91. The smallest absolute Gasteiger partial charge is 0.207 e. The highest BCUT2D eigenvalue weighted by Crippen LogP contribution is 2.32. The molecule has 0 aromatic heterocycles. The van der Waals surface area contributed by atoms with Crippen LogP contribution in [0.4, 0.5) is 13.2 Å². The lowest BCUT2D eigenvalue weighted by Crippen LogP contribution is -2.38. The van der Waals surface area contributed by atoms with E-state index < -0.39 is 21.8 Å². The largest absolute Gasteiger partial charge is 0.416 e. The Kier molecular flexibility index (Phi) is 4.99. The summed E-state index contributed by atoms with van der Waals surface area (Å²) in [7, 11) is -3.86. The fraction of sp³-hybridized carbons (Fsp3) is 0.538. The second kappa shape index (κ2) is 6.26. The normalized spacial score (nSPS) is 18.9. The first-order valence-electron chi connectivity index (χ1n) is 6.48. The fourth-order valence-corrected chi connectivity index (χ4v) is 4.45. The summed E-state index contributed by atoms with van der Waals surface area (Å²) < 4.78 is 64.1. The van der Waals surface area contributed by atoms with Gasteiger partial charge in [-0.1, -0.05) is 22.0 Å². The van der Waals surface area contributed by atoms with Gasteiger partial charge in [0.25, 0.3) is 0 Å². The Morgan fingerprint density at radius 1 is 1.24 bits per heavy atom. The van der Waals surface area contributed by atoms with Gasteiger partial charge in [-0.15, -0.1) is 0 Å². The lowest BCUT2D eigenvalue weighted by molar-refractivity contribution is -0.137. The average molecular weight is 386 g/mol. The molecule has 1 aliphatic heterocycles. The number of rotatable bonds is 3. The number of benzene rings is 1. The van der Waals surface area contributed by atoms with Crippen molar-refractivity contribution in [3.63, 3.8) is 0 Å². The van der Waals surface area contributed by atoms with E-state index in [1.165, 1.54) is 10.4 Å². The molecule has 1 fully saturated rings. The predicted molar refractivity (Wildman–Crippen MR) is 76.7 cm³/mol. The summed E-state index contributed by atoms with van der Waals surface area (Å²) in [5, 5.41) is 0.810. The third-order valence-corrected chi connectivity index (χ3v) is 6.40. The Labute approximate surface area is 130 Å². The molecule has 0 aliphatic carbocycles. The molecule has 21 heavy (non-hydrogen) atoms. The Morgan fingerprint density at radius 2 is 1.86 bits per heavy atom. The van der Waals surface area contributed by atoms with Gasteiger partial charge in [-0.05, 0) is 37.0 Å². The number of hydrogen-bond acceptors (Lipinski definition) is 2. The third-order valence-electron chi connectivity index (χ3n) is 3.59. The molecule has 0 amide bonds. The van der Waals surface area contributed by atoms with E-state index in [1.807, 2.05) is 0 Å². The van der Waals surface area contributed by atoms with Crippen molar-refractivity contribution in [2.24, 2.45) is 5.92 Å². The topological polar surface area (TPSA) is 37.4 Å². The van der Waals surface area contributed by atoms with E-state index in [-0.39, 0.29) is 4.90 Å². The molecular weight excluding hydrogens is 371 g/mol. The summed E-state index contributed by atoms with van der Waals surface area (Å²) in [6.45, 7) is 0.684. The maximum absolute atomic E-state index is 12.7. The van der Waals surface area contributed by atoms with E-state index >= 15 is 0 Å². The van der Waals surface area contributed by atoms with Gasteiger partial charge in [-0.25, -0.2) is 8.42 Å². The molecule has 2 rings (SSSR count). The number of hydrogen-bond donors (Lipinski definition) is 0. The van der Waals surface area contributed by atoms with Gasteiger partial charge in [-0.3, -0.25) is 0 Å². The van der Waals surface area contributed by atoms with E-state index in [2.05, 4.69) is 15.9 Å². The van der Waals surface area contributed by atoms with Crippen molar-refractivity contribution >= 4 is 26.0 Å². The van der Waals surface area contributed by atoms with Crippen molar-refractivity contribution in [2.75, 3.05) is 18.4 Å². The highest BCUT2D eigenvalue weighted by atomic mass is 79.9. The maximum Gasteiger partial charge on any atom is 0.416 e. The Bertz CT molecular complexity index is 596. The summed E-state index contributed by atoms with van der Waals surface area (Å²) >= 11 is 3.36. The number of halogens is 4. The predicted octanol–water partition coefficient (Wildman–Crippen LogP) is 3.50. The molecule has 1 saturated heterocycles. The zero-order chi connectivity index (χ0) is 15.7. The molecule has 118 valence electrons. The van der Waals surface area contributed by atoms with Crippen LogP contribution in [0.1, 0.15) is 18.4 Å². The van der Waals surface area contributed by atoms with Crippen LogP contribution in [-0.4, -0.2) is 31.1 Å². The fourth-order valence-electron chi connectivity index (χ4n) is 2.29. The van der Waals surface area contributed by atoms with Gasteiger partial charge in [0.1, 0.15) is 0 Å². The molecule has 3 nitrogen and oxygen atoms in total. The van der Waals surface area contributed by atoms with Crippen LogP contribution < -0.4 is 0 Å². The van der Waals surface area contributed by atoms with E-state index in [0.29, 0.717) is 37.9 Å². The van der Waals surface area contributed by atoms with Gasteiger partial charge in [0.05, 0.1) is 10.5 Å². The number of piperidine rings is 1. The second-order valence-corrected chi connectivity index (χ2v) is 7.61. The summed E-state index contributed by atoms with van der Waals surface area (Å²) in [5.74, 6) is 0.415. The SMILES string of the molecule is O=S(=O)(c1cccc(C(F)(F)F)c1)N1CCC(CBr)CC1. The molecule has 1 aromatic rings. The van der Waals surface area contributed by atoms with Gasteiger partial charge < -0.3 is 0 Å². The Balaban J connectivity index is 2.24. The second-order valence-electron chi connectivity index (χ2n) is 5.03. The summed E-state index contributed by atoms with van der Waals surface area (Å²) in [4.78, 5) is -0.297. The van der Waals surface area contributed by atoms with Gasteiger partial charge in [0, 0.05) is 18.4 Å². The third kappa shape index (κ3) is 3.78. The molecule has 0 atom stereocenters. The summed E-state index contributed by atoms with van der Waals surface area (Å²) in [5.41, 5.74) is -0.945. The standard InChI is InChI=1S/C13H15BrF3NO2S/c14-9-10-4-6-18(7-5-10)21(19,20)12-3-1-2-11(8-12)13(15,16)17/h1-3,8,10H,4-7,9H2. The number of sulfonamides is 1. The van der Waals surface area contributed by atoms with E-state index in [0.717, 1.165) is 17.5 Å². The van der Waals surface area contributed by atoms with Gasteiger partial charge in [-0.2, -0.15) is 17.5 Å². The average Bonchev–Trinajstić information content (AvgIpc) is 2.46. The number of nitrogens with zero attached hydrogens (tertiary/aromatic N) is 1. The molecular formula is C13H15BrF3NO2S. The van der Waals surface area contributed by atoms with E-state index in [9.17, 15) is 21.6 Å². The molecule has 8 heteroatoms. The zero-order valence-corrected chi connectivity index (χ0v) is 13.5. The first kappa shape index (κ1) is 16.8. The molecule has 0 radical (unpaired) electrons. The van der Waals surface area contributed by atoms with Gasteiger partial charge in [0.15, 0.2) is 0 Å². The Hall–Kier alpha value is -0.600. The highest BCUT2D eigenvalue weighted by Gasteiger charge is 2.34. The van der Waals surface area contributed by atoms with Crippen molar-refractivity contribution in [1.29, 1.82) is 0 Å². The minimum absolute atomic E-state index is 0.297. The molecule has 1 aliphatic rings. The molecule has 1 aromatic carbocycles. The molecule has 0 bridgehead atoms. The quantitative estimate of drug-likeness (QED) is 0.746. The highest BCUT2D eigenvalue weighted by molar-refractivity contribution is 9.09. The van der Waals surface area contributed by atoms with Crippen molar-refractivity contribution in [3.05, 3.63) is 29.8 Å². The van der Waals surface area contributed by atoms with Crippen LogP contribution in [0.2, 0.25) is 0 Å². The first-order chi connectivity index (χ1) is 9.75. The van der Waals surface area contributed by atoms with Crippen LogP contribution >= 0.6 is 15.9 Å². The van der Waals surface area contributed by atoms with Crippen molar-refractivity contribution in [3.8, 4) is 0 Å². The van der Waals surface area contributed by atoms with Crippen LogP contribution in [0.3, 0.4) is 0 Å². The minimum atomic E-state index is -4.55. The lowest BCUT2D eigenvalue weighted by Gasteiger charge is -2.30. The van der Waals surface area contributed by atoms with Gasteiger partial charge in [0.2, 0.25) is 10.0 Å². The monoisotopic (exact) mass is 385 g/mol. The summed E-state index contributed by atoms with van der Waals surface area (Å²) in [6.07, 6.45) is -3.12. The van der Waals surface area contributed by atoms with Crippen LogP contribution in [-0.2, 0) is 16.2 Å². The molecule has 0 N–H and O–H groups in total. The molecule has 0 unspecified atom stereocenters. The lowest BCUT2D eigenvalue weighted by atomic mass is 10.0. The van der Waals surface area contributed by atoms with Crippen LogP contribution in [0.25, 0.3) is 0 Å².